The van der Waals surface area contributed by atoms with Crippen LogP contribution in [-0.2, 0) is 23.0 Å². The lowest BCUT2D eigenvalue weighted by Gasteiger charge is -2.09. The van der Waals surface area contributed by atoms with E-state index in [2.05, 4.69) is 5.10 Å². The summed E-state index contributed by atoms with van der Waals surface area (Å²) in [6.45, 7) is 2.43. The molecule has 0 bridgehead atoms. The maximum absolute atomic E-state index is 11.5. The Bertz CT molecular complexity index is 633. The van der Waals surface area contributed by atoms with Crippen LogP contribution >= 0.6 is 0 Å². The van der Waals surface area contributed by atoms with Gasteiger partial charge in [-0.15, -0.1) is 0 Å². The minimum absolute atomic E-state index is 0.203. The summed E-state index contributed by atoms with van der Waals surface area (Å²) in [6.07, 6.45) is 4.14. The number of sulfonamides is 1. The van der Waals surface area contributed by atoms with E-state index in [0.29, 0.717) is 13.0 Å². The molecule has 1 aromatic carbocycles. The fraction of sp³-hybridized carbons (Fsp3) is 0.250. The highest BCUT2D eigenvalue weighted by molar-refractivity contribution is 7.89. The number of hydrogen-bond acceptors (Lipinski definition) is 3. The predicted octanol–water partition coefficient (Wildman–Crippen LogP) is 1.14. The second-order valence-electron chi connectivity index (χ2n) is 4.04. The van der Waals surface area contributed by atoms with Gasteiger partial charge in [-0.25, -0.2) is 13.6 Å². The van der Waals surface area contributed by atoms with Gasteiger partial charge < -0.3 is 0 Å². The van der Waals surface area contributed by atoms with Crippen LogP contribution in [0, 0.1) is 0 Å². The number of rotatable bonds is 4. The molecule has 1 aromatic heterocycles. The first-order valence-electron chi connectivity index (χ1n) is 5.62. The van der Waals surface area contributed by atoms with E-state index in [1.807, 2.05) is 25.3 Å². The fourth-order valence-electron chi connectivity index (χ4n) is 1.84. The summed E-state index contributed by atoms with van der Waals surface area (Å²) >= 11 is 0. The smallest absolute Gasteiger partial charge is 0.238 e. The Morgan fingerprint density at radius 2 is 2.17 bits per heavy atom. The highest BCUT2D eigenvalue weighted by Gasteiger charge is 2.13. The molecule has 0 aliphatic heterocycles. The van der Waals surface area contributed by atoms with Crippen molar-refractivity contribution in [2.24, 2.45) is 5.14 Å². The molecular weight excluding hydrogens is 250 g/mol. The molecule has 0 atom stereocenters. The van der Waals surface area contributed by atoms with Crippen molar-refractivity contribution < 1.29 is 8.42 Å². The van der Waals surface area contributed by atoms with Gasteiger partial charge in [-0.05, 0) is 29.7 Å². The third-order valence-electron chi connectivity index (χ3n) is 2.72. The van der Waals surface area contributed by atoms with Crippen molar-refractivity contribution in [1.29, 1.82) is 0 Å². The van der Waals surface area contributed by atoms with Gasteiger partial charge in [-0.3, -0.25) is 4.68 Å². The molecular formula is C12H15N3O2S. The lowest BCUT2D eigenvalue weighted by atomic mass is 10.1. The van der Waals surface area contributed by atoms with Gasteiger partial charge in [0.05, 0.1) is 11.4 Å². The molecule has 18 heavy (non-hydrogen) atoms. The summed E-state index contributed by atoms with van der Waals surface area (Å²) in [6, 6.07) is 7.14. The van der Waals surface area contributed by atoms with Crippen molar-refractivity contribution in [3.8, 4) is 0 Å². The topological polar surface area (TPSA) is 78.0 Å². The Morgan fingerprint density at radius 1 is 1.39 bits per heavy atom. The first kappa shape index (κ1) is 12.8. The van der Waals surface area contributed by atoms with Crippen molar-refractivity contribution in [3.63, 3.8) is 0 Å². The molecule has 0 aliphatic rings. The Balaban J connectivity index is 2.40. The van der Waals surface area contributed by atoms with E-state index in [-0.39, 0.29) is 4.90 Å². The van der Waals surface area contributed by atoms with Crippen molar-refractivity contribution >= 4 is 10.0 Å². The van der Waals surface area contributed by atoms with E-state index in [1.165, 1.54) is 0 Å². The maximum atomic E-state index is 11.5. The van der Waals surface area contributed by atoms with Crippen LogP contribution in [0.25, 0.3) is 0 Å². The summed E-state index contributed by atoms with van der Waals surface area (Å²) in [5, 5.41) is 9.31. The van der Waals surface area contributed by atoms with Crippen molar-refractivity contribution in [2.45, 2.75) is 24.8 Å². The molecule has 0 fully saturated rings. The molecule has 0 radical (unpaired) electrons. The Morgan fingerprint density at radius 3 is 2.72 bits per heavy atom. The number of nitrogens with two attached hydrogens (primary N) is 1. The summed E-state index contributed by atoms with van der Waals surface area (Å²) in [5.41, 5.74) is 1.60. The molecule has 1 heterocycles. The number of aromatic nitrogens is 2. The summed E-state index contributed by atoms with van der Waals surface area (Å²) in [4.78, 5) is 0.203. The van der Waals surface area contributed by atoms with Gasteiger partial charge in [0.2, 0.25) is 10.0 Å². The molecule has 0 spiro atoms. The molecule has 2 aromatic rings. The predicted molar refractivity (Wildman–Crippen MR) is 68.5 cm³/mol. The van der Waals surface area contributed by atoms with Crippen LogP contribution in [0.15, 0.2) is 41.6 Å². The minimum Gasteiger partial charge on any atom is -0.268 e. The number of hydrogen-bond donors (Lipinski definition) is 1. The van der Waals surface area contributed by atoms with E-state index >= 15 is 0 Å². The molecule has 0 saturated carbocycles. The molecule has 6 heteroatoms. The standard InChI is InChI=1S/C12H15N3O2S/c1-2-11-5-4-10(8-12(11)18(13,16)17)9-15-7-3-6-14-15/h3-8H,2,9H2,1H3,(H2,13,16,17). The Labute approximate surface area is 106 Å². The van der Waals surface area contributed by atoms with E-state index in [9.17, 15) is 8.42 Å². The van der Waals surface area contributed by atoms with Crippen molar-refractivity contribution in [3.05, 3.63) is 47.8 Å². The second-order valence-corrected chi connectivity index (χ2v) is 5.57. The third kappa shape index (κ3) is 2.77. The van der Waals surface area contributed by atoms with Crippen LogP contribution in [-0.4, -0.2) is 18.2 Å². The molecule has 96 valence electrons. The van der Waals surface area contributed by atoms with Crippen LogP contribution in [0.5, 0.6) is 0 Å². The molecule has 0 saturated heterocycles. The Kier molecular flexibility index (Phi) is 3.49. The quantitative estimate of drug-likeness (QED) is 0.900. The summed E-state index contributed by atoms with van der Waals surface area (Å²) in [5.74, 6) is 0. The normalized spacial score (nSPS) is 11.7. The zero-order valence-electron chi connectivity index (χ0n) is 10.1. The number of nitrogens with zero attached hydrogens (tertiary/aromatic N) is 2. The zero-order chi connectivity index (χ0) is 13.2. The second kappa shape index (κ2) is 4.91. The van der Waals surface area contributed by atoms with Crippen molar-refractivity contribution in [2.75, 3.05) is 0 Å². The van der Waals surface area contributed by atoms with Gasteiger partial charge in [0.25, 0.3) is 0 Å². The van der Waals surface area contributed by atoms with Gasteiger partial charge in [-0.1, -0.05) is 19.1 Å². The molecule has 5 nitrogen and oxygen atoms in total. The molecule has 2 rings (SSSR count). The van der Waals surface area contributed by atoms with Gasteiger partial charge in [0, 0.05) is 12.4 Å². The van der Waals surface area contributed by atoms with E-state index in [4.69, 9.17) is 5.14 Å². The first-order valence-corrected chi connectivity index (χ1v) is 7.17. The maximum Gasteiger partial charge on any atom is 0.238 e. The molecule has 2 N–H and O–H groups in total. The number of primary sulfonamides is 1. The summed E-state index contributed by atoms with van der Waals surface area (Å²) in [7, 11) is -3.68. The van der Waals surface area contributed by atoms with Gasteiger partial charge in [-0.2, -0.15) is 5.10 Å². The number of benzene rings is 1. The largest absolute Gasteiger partial charge is 0.268 e. The lowest BCUT2D eigenvalue weighted by molar-refractivity contribution is 0.596. The molecule has 0 aliphatic carbocycles. The Hall–Kier alpha value is -1.66. The highest BCUT2D eigenvalue weighted by atomic mass is 32.2. The molecule has 0 amide bonds. The monoisotopic (exact) mass is 265 g/mol. The SMILES string of the molecule is CCc1ccc(Cn2cccn2)cc1S(N)(=O)=O. The van der Waals surface area contributed by atoms with E-state index < -0.39 is 10.0 Å². The van der Waals surface area contributed by atoms with E-state index in [1.54, 1.807) is 23.0 Å². The van der Waals surface area contributed by atoms with Crippen LogP contribution in [0.2, 0.25) is 0 Å². The molecule has 0 unspecified atom stereocenters. The summed E-state index contributed by atoms with van der Waals surface area (Å²) < 4.78 is 24.8. The van der Waals surface area contributed by atoms with Crippen LogP contribution in [0.1, 0.15) is 18.1 Å². The number of aryl methyl sites for hydroxylation is 1. The third-order valence-corrected chi connectivity index (χ3v) is 3.72. The average molecular weight is 265 g/mol. The van der Waals surface area contributed by atoms with E-state index in [0.717, 1.165) is 11.1 Å². The zero-order valence-corrected chi connectivity index (χ0v) is 10.9. The minimum atomic E-state index is -3.68. The van der Waals surface area contributed by atoms with Crippen LogP contribution in [0.3, 0.4) is 0 Å². The average Bonchev–Trinajstić information content (AvgIpc) is 2.80. The van der Waals surface area contributed by atoms with Crippen LogP contribution in [0.4, 0.5) is 0 Å². The van der Waals surface area contributed by atoms with Gasteiger partial charge in [0.1, 0.15) is 0 Å². The van der Waals surface area contributed by atoms with Gasteiger partial charge in [0.15, 0.2) is 0 Å². The fourth-order valence-corrected chi connectivity index (χ4v) is 2.73. The highest BCUT2D eigenvalue weighted by Crippen LogP contribution is 2.17. The first-order chi connectivity index (χ1) is 8.50. The lowest BCUT2D eigenvalue weighted by Crippen LogP contribution is -2.15. The van der Waals surface area contributed by atoms with Gasteiger partial charge >= 0.3 is 0 Å². The van der Waals surface area contributed by atoms with Crippen molar-refractivity contribution in [1.82, 2.24) is 9.78 Å². The van der Waals surface area contributed by atoms with Crippen LogP contribution < -0.4 is 5.14 Å².